The number of hydrogen-bond acceptors (Lipinski definition) is 5. The molecule has 0 aliphatic rings. The Morgan fingerprint density at radius 3 is 2.45 bits per heavy atom. The number of nitrogens with one attached hydrogen (secondary N) is 1. The molecule has 0 aromatic heterocycles. The Morgan fingerprint density at radius 2 is 1.95 bits per heavy atom. The standard InChI is InChI=1S/C13H16N2O5/c1-9(7-13(17)20-2)14-12(16)8-10-3-5-11(6-4-10)15(18)19/h3-6,9H,7-8H2,1-2H3,(H,14,16). The number of rotatable bonds is 6. The molecular formula is C13H16N2O5. The number of benzene rings is 1. The van der Waals surface area contributed by atoms with E-state index in [2.05, 4.69) is 10.1 Å². The summed E-state index contributed by atoms with van der Waals surface area (Å²) >= 11 is 0. The first kappa shape index (κ1) is 15.6. The third-order valence-electron chi connectivity index (χ3n) is 2.62. The first-order valence-corrected chi connectivity index (χ1v) is 6.02. The average Bonchev–Trinajstić information content (AvgIpc) is 2.38. The van der Waals surface area contributed by atoms with Crippen molar-refractivity contribution in [3.63, 3.8) is 0 Å². The summed E-state index contributed by atoms with van der Waals surface area (Å²) < 4.78 is 4.50. The SMILES string of the molecule is COC(=O)CC(C)NC(=O)Cc1ccc([N+](=O)[O-])cc1. The first-order valence-electron chi connectivity index (χ1n) is 6.02. The van der Waals surface area contributed by atoms with E-state index in [0.717, 1.165) is 0 Å². The lowest BCUT2D eigenvalue weighted by Gasteiger charge is -2.12. The van der Waals surface area contributed by atoms with Gasteiger partial charge in [0, 0.05) is 18.2 Å². The van der Waals surface area contributed by atoms with Gasteiger partial charge in [0.05, 0.1) is 24.9 Å². The second-order valence-corrected chi connectivity index (χ2v) is 4.35. The van der Waals surface area contributed by atoms with Crippen LogP contribution < -0.4 is 5.32 Å². The van der Waals surface area contributed by atoms with Gasteiger partial charge in [-0.15, -0.1) is 0 Å². The molecule has 1 N–H and O–H groups in total. The highest BCUT2D eigenvalue weighted by molar-refractivity contribution is 5.79. The van der Waals surface area contributed by atoms with Gasteiger partial charge in [-0.1, -0.05) is 12.1 Å². The van der Waals surface area contributed by atoms with Gasteiger partial charge >= 0.3 is 5.97 Å². The first-order chi connectivity index (χ1) is 9.42. The number of methoxy groups -OCH3 is 1. The van der Waals surface area contributed by atoms with E-state index in [9.17, 15) is 19.7 Å². The Kier molecular flexibility index (Phi) is 5.64. The summed E-state index contributed by atoms with van der Waals surface area (Å²) in [5.74, 6) is -0.650. The minimum absolute atomic E-state index is 0.0202. The van der Waals surface area contributed by atoms with Crippen molar-refractivity contribution in [1.82, 2.24) is 5.32 Å². The van der Waals surface area contributed by atoms with Crippen LogP contribution in [-0.4, -0.2) is 30.0 Å². The van der Waals surface area contributed by atoms with Crippen LogP contribution in [0.15, 0.2) is 24.3 Å². The Balaban J connectivity index is 2.49. The number of esters is 1. The molecule has 0 fully saturated rings. The molecule has 1 aromatic rings. The van der Waals surface area contributed by atoms with E-state index in [1.807, 2.05) is 0 Å². The Morgan fingerprint density at radius 1 is 1.35 bits per heavy atom. The van der Waals surface area contributed by atoms with Crippen molar-refractivity contribution in [3.8, 4) is 0 Å². The minimum Gasteiger partial charge on any atom is -0.469 e. The molecule has 7 nitrogen and oxygen atoms in total. The zero-order valence-corrected chi connectivity index (χ0v) is 11.3. The summed E-state index contributed by atoms with van der Waals surface area (Å²) in [4.78, 5) is 32.7. The van der Waals surface area contributed by atoms with Gasteiger partial charge in [-0.2, -0.15) is 0 Å². The Labute approximate surface area is 116 Å². The smallest absolute Gasteiger partial charge is 0.307 e. The highest BCUT2D eigenvalue weighted by Crippen LogP contribution is 2.12. The largest absolute Gasteiger partial charge is 0.469 e. The summed E-state index contributed by atoms with van der Waals surface area (Å²) in [6.45, 7) is 1.70. The minimum atomic E-state index is -0.498. The molecule has 0 radical (unpaired) electrons. The number of non-ortho nitro benzene ring substituents is 1. The van der Waals surface area contributed by atoms with Gasteiger partial charge in [0.2, 0.25) is 5.91 Å². The second kappa shape index (κ2) is 7.22. The van der Waals surface area contributed by atoms with Crippen LogP contribution in [0, 0.1) is 10.1 Å². The van der Waals surface area contributed by atoms with Crippen LogP contribution in [0.2, 0.25) is 0 Å². The molecule has 108 valence electrons. The van der Waals surface area contributed by atoms with Crippen molar-refractivity contribution in [2.24, 2.45) is 0 Å². The number of hydrogen-bond donors (Lipinski definition) is 1. The van der Waals surface area contributed by atoms with Gasteiger partial charge in [0.25, 0.3) is 5.69 Å². The quantitative estimate of drug-likeness (QED) is 0.479. The second-order valence-electron chi connectivity index (χ2n) is 4.35. The van der Waals surface area contributed by atoms with Gasteiger partial charge in [-0.05, 0) is 12.5 Å². The van der Waals surface area contributed by atoms with Crippen LogP contribution >= 0.6 is 0 Å². The van der Waals surface area contributed by atoms with Crippen LogP contribution in [-0.2, 0) is 20.7 Å². The zero-order chi connectivity index (χ0) is 15.1. The number of carbonyl (C=O) groups excluding carboxylic acids is 2. The summed E-state index contributed by atoms with van der Waals surface area (Å²) in [5.41, 5.74) is 0.645. The number of nitrogens with zero attached hydrogens (tertiary/aromatic N) is 1. The molecular weight excluding hydrogens is 264 g/mol. The predicted octanol–water partition coefficient (Wildman–Crippen LogP) is 1.21. The van der Waals surface area contributed by atoms with Crippen LogP contribution in [0.3, 0.4) is 0 Å². The number of amides is 1. The molecule has 1 unspecified atom stereocenters. The van der Waals surface area contributed by atoms with Crippen molar-refractivity contribution in [1.29, 1.82) is 0 Å². The van der Waals surface area contributed by atoms with E-state index in [1.54, 1.807) is 6.92 Å². The lowest BCUT2D eigenvalue weighted by molar-refractivity contribution is -0.384. The van der Waals surface area contributed by atoms with E-state index in [0.29, 0.717) is 5.56 Å². The number of ether oxygens (including phenoxy) is 1. The van der Waals surface area contributed by atoms with Gasteiger partial charge in [-0.3, -0.25) is 19.7 Å². The van der Waals surface area contributed by atoms with Crippen LogP contribution in [0.5, 0.6) is 0 Å². The molecule has 1 aromatic carbocycles. The highest BCUT2D eigenvalue weighted by atomic mass is 16.6. The fourth-order valence-electron chi connectivity index (χ4n) is 1.63. The molecule has 0 heterocycles. The maximum atomic E-state index is 11.7. The predicted molar refractivity (Wildman–Crippen MR) is 71.0 cm³/mol. The normalized spacial score (nSPS) is 11.5. The maximum Gasteiger partial charge on any atom is 0.307 e. The van der Waals surface area contributed by atoms with E-state index < -0.39 is 10.9 Å². The molecule has 1 amide bonds. The fraction of sp³-hybridized carbons (Fsp3) is 0.385. The molecule has 7 heteroatoms. The summed E-state index contributed by atoms with van der Waals surface area (Å²) in [6, 6.07) is 5.43. The van der Waals surface area contributed by atoms with Crippen molar-refractivity contribution >= 4 is 17.6 Å². The van der Waals surface area contributed by atoms with Gasteiger partial charge < -0.3 is 10.1 Å². The van der Waals surface area contributed by atoms with Crippen LogP contribution in [0.4, 0.5) is 5.69 Å². The molecule has 1 atom stereocenters. The molecule has 0 aliphatic carbocycles. The van der Waals surface area contributed by atoms with Gasteiger partial charge in [-0.25, -0.2) is 0 Å². The topological polar surface area (TPSA) is 98.5 Å². The number of nitro groups is 1. The van der Waals surface area contributed by atoms with Crippen molar-refractivity contribution < 1.29 is 19.2 Å². The third-order valence-corrected chi connectivity index (χ3v) is 2.62. The summed E-state index contributed by atoms with van der Waals surface area (Å²) in [5, 5.41) is 13.2. The Hall–Kier alpha value is -2.44. The van der Waals surface area contributed by atoms with Crippen LogP contribution in [0.1, 0.15) is 18.9 Å². The van der Waals surface area contributed by atoms with Gasteiger partial charge in [0.1, 0.15) is 0 Å². The molecule has 0 saturated carbocycles. The molecule has 0 spiro atoms. The molecule has 0 saturated heterocycles. The summed E-state index contributed by atoms with van der Waals surface area (Å²) in [7, 11) is 1.29. The number of carbonyl (C=O) groups is 2. The van der Waals surface area contributed by atoms with Gasteiger partial charge in [0.15, 0.2) is 0 Å². The lowest BCUT2D eigenvalue weighted by Crippen LogP contribution is -2.35. The molecule has 0 bridgehead atoms. The highest BCUT2D eigenvalue weighted by Gasteiger charge is 2.13. The fourth-order valence-corrected chi connectivity index (χ4v) is 1.63. The van der Waals surface area contributed by atoms with E-state index in [4.69, 9.17) is 0 Å². The van der Waals surface area contributed by atoms with E-state index in [-0.39, 0.29) is 30.5 Å². The Bertz CT molecular complexity index is 498. The molecule has 20 heavy (non-hydrogen) atoms. The van der Waals surface area contributed by atoms with E-state index >= 15 is 0 Å². The zero-order valence-electron chi connectivity index (χ0n) is 11.3. The monoisotopic (exact) mass is 280 g/mol. The third kappa shape index (κ3) is 5.05. The maximum absolute atomic E-state index is 11.7. The van der Waals surface area contributed by atoms with E-state index in [1.165, 1.54) is 31.4 Å². The lowest BCUT2D eigenvalue weighted by atomic mass is 10.1. The van der Waals surface area contributed by atoms with Crippen molar-refractivity contribution in [2.45, 2.75) is 25.8 Å². The summed E-state index contributed by atoms with van der Waals surface area (Å²) in [6.07, 6.45) is 0.200. The molecule has 0 aliphatic heterocycles. The molecule has 1 rings (SSSR count). The average molecular weight is 280 g/mol. The van der Waals surface area contributed by atoms with Crippen molar-refractivity contribution in [3.05, 3.63) is 39.9 Å². The van der Waals surface area contributed by atoms with Crippen molar-refractivity contribution in [2.75, 3.05) is 7.11 Å². The number of nitro benzene ring substituents is 1. The van der Waals surface area contributed by atoms with Crippen LogP contribution in [0.25, 0.3) is 0 Å².